The summed E-state index contributed by atoms with van der Waals surface area (Å²) in [5.41, 5.74) is 3.53. The molecule has 0 radical (unpaired) electrons. The second kappa shape index (κ2) is 24.0. The van der Waals surface area contributed by atoms with E-state index in [-0.39, 0.29) is 66.2 Å². The van der Waals surface area contributed by atoms with Gasteiger partial charge in [-0.15, -0.1) is 0 Å². The number of benzene rings is 3. The first kappa shape index (κ1) is 57.3. The molecule has 436 valence electrons. The SMILES string of the molecule is C[C@@H]1OCC2(CCN(c3cnc(Sc4cccc(NC(=O)c5ccc(N6CCC(N7CC=C(c8ccc(C(=O)NCc9ccc%10c(c9)CN(C9CCC(=O)NC9O)C%10=O)nc8F)CC7)CC6)c(F)c5)c4)cn3)CC2)[C@@H]1NC(=O)OC(C)(C)C. The van der Waals surface area contributed by atoms with Gasteiger partial charge in [-0.1, -0.05) is 36.0 Å². The molecule has 0 saturated carbocycles. The highest BCUT2D eigenvalue weighted by atomic mass is 32.2. The number of pyridine rings is 1. The Morgan fingerprint density at radius 2 is 1.69 bits per heavy atom. The number of anilines is 3. The molecule has 2 aromatic heterocycles. The molecule has 6 aliphatic rings. The highest BCUT2D eigenvalue weighted by Gasteiger charge is 2.51. The number of nitrogens with zero attached hydrogens (tertiary/aromatic N) is 7. The van der Waals surface area contributed by atoms with Crippen LogP contribution in [0.4, 0.5) is 30.8 Å². The van der Waals surface area contributed by atoms with Crippen LogP contribution in [0, 0.1) is 17.2 Å². The number of aliphatic hydroxyl groups is 1. The molecule has 5 amide bonds. The van der Waals surface area contributed by atoms with Crippen LogP contribution in [-0.2, 0) is 27.4 Å². The van der Waals surface area contributed by atoms with Crippen molar-refractivity contribution < 1.29 is 47.3 Å². The highest BCUT2D eigenvalue weighted by molar-refractivity contribution is 7.99. The Bertz CT molecular complexity index is 3330. The predicted octanol–water partition coefficient (Wildman–Crippen LogP) is 7.69. The Hall–Kier alpha value is -7.53. The first-order valence-electron chi connectivity index (χ1n) is 28.5. The van der Waals surface area contributed by atoms with Crippen molar-refractivity contribution in [1.82, 2.24) is 40.7 Å². The van der Waals surface area contributed by atoms with Crippen molar-refractivity contribution in [2.45, 2.75) is 132 Å². The van der Waals surface area contributed by atoms with Gasteiger partial charge in [0.15, 0.2) is 0 Å². The van der Waals surface area contributed by atoms with Gasteiger partial charge in [0, 0.05) is 97.5 Å². The lowest BCUT2D eigenvalue weighted by atomic mass is 9.73. The lowest BCUT2D eigenvalue weighted by Crippen LogP contribution is -2.55. The zero-order chi connectivity index (χ0) is 58.2. The summed E-state index contributed by atoms with van der Waals surface area (Å²) in [6.45, 7) is 12.6. The Labute approximate surface area is 485 Å². The lowest BCUT2D eigenvalue weighted by molar-refractivity contribution is -0.129. The molecule has 0 bridgehead atoms. The summed E-state index contributed by atoms with van der Waals surface area (Å²) < 4.78 is 43.0. The third-order valence-electron chi connectivity index (χ3n) is 16.8. The van der Waals surface area contributed by atoms with E-state index in [2.05, 4.69) is 36.1 Å². The molecule has 0 aliphatic carbocycles. The van der Waals surface area contributed by atoms with Crippen molar-refractivity contribution in [3.63, 3.8) is 0 Å². The average molecular weight is 1150 g/mol. The molecule has 5 N–H and O–H groups in total. The van der Waals surface area contributed by atoms with Crippen molar-refractivity contribution in [3.8, 4) is 0 Å². The fourth-order valence-corrected chi connectivity index (χ4v) is 13.2. The van der Waals surface area contributed by atoms with Crippen molar-refractivity contribution >= 4 is 64.2 Å². The van der Waals surface area contributed by atoms with Crippen LogP contribution in [0.3, 0.4) is 0 Å². The van der Waals surface area contributed by atoms with Crippen LogP contribution in [0.25, 0.3) is 5.57 Å². The minimum absolute atomic E-state index is 0.0561. The van der Waals surface area contributed by atoms with Crippen LogP contribution in [0.1, 0.15) is 121 Å². The molecular weight excluding hydrogens is 1080 g/mol. The van der Waals surface area contributed by atoms with Crippen LogP contribution in [-0.4, -0.2) is 142 Å². The molecule has 8 heterocycles. The molecule has 2 unspecified atom stereocenters. The summed E-state index contributed by atoms with van der Waals surface area (Å²) in [5.74, 6) is -1.88. The molecule has 22 heteroatoms. The van der Waals surface area contributed by atoms with Gasteiger partial charge >= 0.3 is 6.09 Å². The molecule has 4 saturated heterocycles. The fraction of sp³-hybridized carbons (Fsp3) is 0.443. The van der Waals surface area contributed by atoms with Gasteiger partial charge in [-0.3, -0.25) is 24.1 Å². The normalized spacial score (nSPS) is 22.0. The second-order valence-corrected chi connectivity index (χ2v) is 24.5. The predicted molar refractivity (Wildman–Crippen MR) is 308 cm³/mol. The van der Waals surface area contributed by atoms with Gasteiger partial charge in [-0.05, 0) is 138 Å². The van der Waals surface area contributed by atoms with E-state index in [4.69, 9.17) is 19.4 Å². The zero-order valence-corrected chi connectivity index (χ0v) is 47.8. The van der Waals surface area contributed by atoms with Crippen LogP contribution in [0.5, 0.6) is 0 Å². The number of alkyl carbamates (subject to hydrolysis) is 1. The van der Waals surface area contributed by atoms with Gasteiger partial charge in [0.05, 0.1) is 42.9 Å². The van der Waals surface area contributed by atoms with Crippen molar-refractivity contribution in [2.24, 2.45) is 5.41 Å². The standard InChI is InChI=1S/C61H69F2N11O8S/c1-36-53(70-59(80)82-60(2,3)4)61(35-81-36)20-26-73(27-21-61)50-32-65-52(33-64-50)83-43-7-5-6-41(30-43)67-55(76)39-9-13-48(46(62)29-39)72-24-18-42(19-25-72)71-22-16-38(17-23-71)44-11-12-47(68-54(44)63)56(77)66-31-37-8-10-45-40(28-37)34-74(58(45)79)49-14-15-51(75)69-57(49)78/h5-13,16,28-30,32-33,36,42,49,53,57,78H,14-15,17-27,31,34-35H2,1-4H3,(H,66,77)(H,67,76)(H,69,75)(H,70,80)/t36-,49?,53+,57?/m0/s1. The maximum Gasteiger partial charge on any atom is 0.407 e. The first-order valence-corrected chi connectivity index (χ1v) is 29.3. The summed E-state index contributed by atoms with van der Waals surface area (Å²) in [6, 6.07) is 19.9. The Morgan fingerprint density at radius 3 is 2.40 bits per heavy atom. The van der Waals surface area contributed by atoms with E-state index in [1.54, 1.807) is 53.7 Å². The molecular formula is C61H69F2N11O8S. The fourth-order valence-electron chi connectivity index (χ4n) is 12.4. The van der Waals surface area contributed by atoms with Crippen LogP contribution >= 0.6 is 11.8 Å². The molecule has 11 rings (SSSR count). The number of hydrogen-bond donors (Lipinski definition) is 5. The lowest BCUT2D eigenvalue weighted by Gasteiger charge is -2.42. The minimum atomic E-state index is -1.14. The van der Waals surface area contributed by atoms with E-state index in [0.29, 0.717) is 73.2 Å². The number of fused-ring (bicyclic) bond motifs is 1. The number of nitrogens with one attached hydrogen (secondary N) is 4. The molecule has 4 fully saturated rings. The number of amides is 5. The highest BCUT2D eigenvalue weighted by Crippen LogP contribution is 2.43. The quantitative estimate of drug-likeness (QED) is 0.0713. The number of rotatable bonds is 13. The van der Waals surface area contributed by atoms with Crippen LogP contribution < -0.4 is 31.1 Å². The Kier molecular flexibility index (Phi) is 16.6. The second-order valence-electron chi connectivity index (χ2n) is 23.4. The van der Waals surface area contributed by atoms with Gasteiger partial charge in [0.2, 0.25) is 11.9 Å². The number of halogens is 2. The molecule has 19 nitrogen and oxygen atoms in total. The number of carbonyl (C=O) groups is 5. The summed E-state index contributed by atoms with van der Waals surface area (Å²) in [4.78, 5) is 86.5. The van der Waals surface area contributed by atoms with E-state index in [1.165, 1.54) is 23.9 Å². The molecule has 1 spiro atoms. The van der Waals surface area contributed by atoms with Gasteiger partial charge in [-0.25, -0.2) is 24.1 Å². The number of aliphatic hydroxyl groups excluding tert-OH is 1. The Balaban J connectivity index is 0.615. The maximum atomic E-state index is 15.8. The molecule has 83 heavy (non-hydrogen) atoms. The van der Waals surface area contributed by atoms with Gasteiger partial charge in [-0.2, -0.15) is 4.39 Å². The third-order valence-corrected chi connectivity index (χ3v) is 17.8. The summed E-state index contributed by atoms with van der Waals surface area (Å²) in [5, 5.41) is 22.4. The number of aromatic nitrogens is 3. The van der Waals surface area contributed by atoms with Gasteiger partial charge in [0.25, 0.3) is 17.7 Å². The summed E-state index contributed by atoms with van der Waals surface area (Å²) >= 11 is 1.41. The monoisotopic (exact) mass is 1150 g/mol. The van der Waals surface area contributed by atoms with E-state index in [1.807, 2.05) is 62.9 Å². The van der Waals surface area contributed by atoms with E-state index in [0.717, 1.165) is 66.2 Å². The van der Waals surface area contributed by atoms with E-state index < -0.39 is 47.5 Å². The third kappa shape index (κ3) is 12.8. The van der Waals surface area contributed by atoms with Gasteiger partial charge < -0.3 is 50.5 Å². The van der Waals surface area contributed by atoms with E-state index in [9.17, 15) is 29.1 Å². The van der Waals surface area contributed by atoms with Crippen molar-refractivity contribution in [1.29, 1.82) is 0 Å². The summed E-state index contributed by atoms with van der Waals surface area (Å²) in [6.07, 6.45) is 8.24. The molecule has 6 aliphatic heterocycles. The zero-order valence-electron chi connectivity index (χ0n) is 47.0. The maximum absolute atomic E-state index is 15.8. The van der Waals surface area contributed by atoms with Crippen molar-refractivity contribution in [3.05, 3.63) is 137 Å². The number of hydrogen-bond acceptors (Lipinski definition) is 15. The van der Waals surface area contributed by atoms with Crippen molar-refractivity contribution in [2.75, 3.05) is 61.0 Å². The minimum Gasteiger partial charge on any atom is -0.444 e. The van der Waals surface area contributed by atoms with Crippen LogP contribution in [0.2, 0.25) is 0 Å². The number of carbonyl (C=O) groups excluding carboxylic acids is 5. The topological polar surface area (TPSA) is 224 Å². The molecule has 4 atom stereocenters. The largest absolute Gasteiger partial charge is 0.444 e. The average Bonchev–Trinajstić information content (AvgIpc) is 3.42. The first-order chi connectivity index (χ1) is 39.8. The van der Waals surface area contributed by atoms with Gasteiger partial charge in [0.1, 0.15) is 34.2 Å². The molecule has 3 aromatic carbocycles. The summed E-state index contributed by atoms with van der Waals surface area (Å²) in [7, 11) is 0. The van der Waals surface area contributed by atoms with E-state index >= 15 is 8.78 Å². The Morgan fingerprint density at radius 1 is 0.892 bits per heavy atom. The molecule has 5 aromatic rings. The van der Waals surface area contributed by atoms with Crippen LogP contribution in [0.15, 0.2) is 101 Å². The number of piperidine rings is 3. The number of ether oxygens (including phenoxy) is 2. The smallest absolute Gasteiger partial charge is 0.407 e.